The molecule has 0 N–H and O–H groups in total. The Morgan fingerprint density at radius 2 is 0.836 bits per heavy atom. The minimum absolute atomic E-state index is 0.709. The van der Waals surface area contributed by atoms with Gasteiger partial charge in [-0.1, -0.05) is 206 Å². The SMILES string of the molecule is C1=Cc2c(-c3ccc(-c4ccc(-c5cc(-c6ccc(-c7ccccc7)cc6)nc(-c6ccccc6)n5)cc4)cc3)c(-c3ccccc3)n3ccc(-c4ccccc4)c3c2CC1. The summed E-state index contributed by atoms with van der Waals surface area (Å²) in [6, 6.07) is 73.3. The van der Waals surface area contributed by atoms with Crippen LogP contribution in [-0.2, 0) is 6.42 Å². The highest BCUT2D eigenvalue weighted by Gasteiger charge is 2.24. The third-order valence-electron chi connectivity index (χ3n) is 12.0. The largest absolute Gasteiger partial charge is 0.315 e. The number of hydrogen-bond acceptors (Lipinski definition) is 2. The topological polar surface area (TPSA) is 30.2 Å². The molecule has 61 heavy (non-hydrogen) atoms. The Morgan fingerprint density at radius 1 is 0.393 bits per heavy atom. The molecule has 10 aromatic rings. The van der Waals surface area contributed by atoms with E-state index in [1.54, 1.807) is 0 Å². The maximum atomic E-state index is 5.10. The van der Waals surface area contributed by atoms with Gasteiger partial charge in [-0.2, -0.15) is 0 Å². The number of rotatable bonds is 8. The van der Waals surface area contributed by atoms with Gasteiger partial charge in [-0.25, -0.2) is 9.97 Å². The van der Waals surface area contributed by atoms with Gasteiger partial charge in [-0.3, -0.25) is 0 Å². The highest BCUT2D eigenvalue weighted by atomic mass is 14.9. The van der Waals surface area contributed by atoms with Gasteiger partial charge in [-0.15, -0.1) is 0 Å². The van der Waals surface area contributed by atoms with E-state index in [2.05, 4.69) is 205 Å². The number of aromatic nitrogens is 3. The second-order valence-electron chi connectivity index (χ2n) is 15.7. The average Bonchev–Trinajstić information content (AvgIpc) is 3.80. The maximum Gasteiger partial charge on any atom is 0.160 e. The number of hydrogen-bond donors (Lipinski definition) is 0. The first-order chi connectivity index (χ1) is 30.2. The third-order valence-corrected chi connectivity index (χ3v) is 12.0. The van der Waals surface area contributed by atoms with Crippen molar-refractivity contribution in [1.82, 2.24) is 14.4 Å². The zero-order valence-corrected chi connectivity index (χ0v) is 33.6. The lowest BCUT2D eigenvalue weighted by atomic mass is 9.85. The van der Waals surface area contributed by atoms with Crippen LogP contribution in [0.1, 0.15) is 17.5 Å². The van der Waals surface area contributed by atoms with Gasteiger partial charge in [0.1, 0.15) is 0 Å². The van der Waals surface area contributed by atoms with Crippen LogP contribution in [-0.4, -0.2) is 14.4 Å². The van der Waals surface area contributed by atoms with Gasteiger partial charge in [0.25, 0.3) is 0 Å². The molecular formula is C58H41N3. The van der Waals surface area contributed by atoms with E-state index in [1.165, 1.54) is 66.8 Å². The fourth-order valence-corrected chi connectivity index (χ4v) is 8.93. The molecule has 3 nitrogen and oxygen atoms in total. The van der Waals surface area contributed by atoms with Crippen molar-refractivity contribution in [2.24, 2.45) is 0 Å². The second-order valence-corrected chi connectivity index (χ2v) is 15.7. The van der Waals surface area contributed by atoms with E-state index in [4.69, 9.17) is 9.97 Å². The molecule has 0 spiro atoms. The summed E-state index contributed by atoms with van der Waals surface area (Å²) in [5.74, 6) is 0.709. The second kappa shape index (κ2) is 15.7. The average molecular weight is 780 g/mol. The number of fused-ring (bicyclic) bond motifs is 3. The van der Waals surface area contributed by atoms with Crippen molar-refractivity contribution in [3.05, 3.63) is 230 Å². The Bertz CT molecular complexity index is 3170. The summed E-state index contributed by atoms with van der Waals surface area (Å²) in [5.41, 5.74) is 21.0. The van der Waals surface area contributed by atoms with Gasteiger partial charge in [0.15, 0.2) is 5.82 Å². The summed E-state index contributed by atoms with van der Waals surface area (Å²) < 4.78 is 2.44. The first kappa shape index (κ1) is 36.2. The van der Waals surface area contributed by atoms with Crippen molar-refractivity contribution >= 4 is 11.6 Å². The fraction of sp³-hybridized carbons (Fsp3) is 0.0345. The van der Waals surface area contributed by atoms with E-state index < -0.39 is 0 Å². The van der Waals surface area contributed by atoms with Crippen LogP contribution in [0.4, 0.5) is 0 Å². The Morgan fingerprint density at radius 3 is 1.38 bits per heavy atom. The monoisotopic (exact) mass is 779 g/mol. The lowest BCUT2D eigenvalue weighted by Crippen LogP contribution is -2.06. The molecule has 0 fully saturated rings. The summed E-state index contributed by atoms with van der Waals surface area (Å²) in [5, 5.41) is 0. The van der Waals surface area contributed by atoms with Crippen LogP contribution in [0.25, 0.3) is 101 Å². The Hall–Kier alpha value is -7.88. The number of aryl methyl sites for hydroxylation is 1. The van der Waals surface area contributed by atoms with Crippen molar-refractivity contribution in [1.29, 1.82) is 0 Å². The summed E-state index contributed by atoms with van der Waals surface area (Å²) in [4.78, 5) is 10.2. The van der Waals surface area contributed by atoms with Gasteiger partial charge < -0.3 is 4.40 Å². The van der Waals surface area contributed by atoms with E-state index >= 15 is 0 Å². The van der Waals surface area contributed by atoms with Crippen LogP contribution in [0.3, 0.4) is 0 Å². The molecule has 3 heterocycles. The van der Waals surface area contributed by atoms with Crippen LogP contribution in [0.15, 0.2) is 219 Å². The number of allylic oxidation sites excluding steroid dienone is 1. The molecule has 0 bridgehead atoms. The van der Waals surface area contributed by atoms with E-state index in [0.717, 1.165) is 46.5 Å². The highest BCUT2D eigenvalue weighted by molar-refractivity contribution is 5.97. The van der Waals surface area contributed by atoms with Crippen LogP contribution in [0, 0.1) is 0 Å². The minimum Gasteiger partial charge on any atom is -0.315 e. The van der Waals surface area contributed by atoms with E-state index in [1.807, 2.05) is 24.3 Å². The molecule has 1 aliphatic rings. The summed E-state index contributed by atoms with van der Waals surface area (Å²) in [7, 11) is 0. The predicted octanol–water partition coefficient (Wildman–Crippen LogP) is 15.0. The van der Waals surface area contributed by atoms with Gasteiger partial charge in [0.2, 0.25) is 0 Å². The van der Waals surface area contributed by atoms with Crippen LogP contribution >= 0.6 is 0 Å². The predicted molar refractivity (Wildman–Crippen MR) is 254 cm³/mol. The molecule has 7 aromatic carbocycles. The van der Waals surface area contributed by atoms with E-state index in [0.29, 0.717) is 5.82 Å². The Balaban J connectivity index is 0.960. The molecule has 3 aromatic heterocycles. The highest BCUT2D eigenvalue weighted by Crippen LogP contribution is 2.44. The molecule has 0 aliphatic heterocycles. The van der Waals surface area contributed by atoms with Crippen molar-refractivity contribution < 1.29 is 0 Å². The molecule has 0 saturated heterocycles. The molecular weight excluding hydrogens is 739 g/mol. The number of nitrogens with zero attached hydrogens (tertiary/aromatic N) is 3. The molecule has 288 valence electrons. The molecule has 1 aliphatic carbocycles. The maximum absolute atomic E-state index is 5.10. The van der Waals surface area contributed by atoms with Crippen LogP contribution in [0.2, 0.25) is 0 Å². The third kappa shape index (κ3) is 6.86. The van der Waals surface area contributed by atoms with E-state index in [9.17, 15) is 0 Å². The summed E-state index contributed by atoms with van der Waals surface area (Å²) in [6.07, 6.45) is 9.00. The lowest BCUT2D eigenvalue weighted by molar-refractivity contribution is 0.981. The van der Waals surface area contributed by atoms with Crippen molar-refractivity contribution in [2.45, 2.75) is 12.8 Å². The van der Waals surface area contributed by atoms with Gasteiger partial charge >= 0.3 is 0 Å². The first-order valence-electron chi connectivity index (χ1n) is 21.0. The quantitative estimate of drug-likeness (QED) is 0.154. The zero-order chi connectivity index (χ0) is 40.5. The Labute approximate surface area is 356 Å². The minimum atomic E-state index is 0.709. The standard InChI is InChI=1S/C58H41N3/c1-5-15-40(16-6-1)41-25-31-45(32-26-41)53-39-54(60-58(59-53)49-21-11-4-12-22-49)46-33-27-42(28-34-46)43-29-35-47(36-30-43)55-51-23-13-14-24-52(51)57-50(44-17-7-2-8-18-44)37-38-61(57)56(55)48-19-9-3-10-20-48/h1-13,15-23,25-39H,14,24H2. The van der Waals surface area contributed by atoms with E-state index in [-0.39, 0.29) is 0 Å². The smallest absolute Gasteiger partial charge is 0.160 e. The molecule has 0 saturated carbocycles. The molecule has 11 rings (SSSR count). The molecule has 0 radical (unpaired) electrons. The summed E-state index contributed by atoms with van der Waals surface area (Å²) in [6.45, 7) is 0. The molecule has 0 atom stereocenters. The summed E-state index contributed by atoms with van der Waals surface area (Å²) >= 11 is 0. The zero-order valence-electron chi connectivity index (χ0n) is 33.6. The van der Waals surface area contributed by atoms with Crippen molar-refractivity contribution in [3.8, 4) is 89.7 Å². The van der Waals surface area contributed by atoms with Crippen molar-refractivity contribution in [2.75, 3.05) is 0 Å². The molecule has 3 heteroatoms. The molecule has 0 amide bonds. The van der Waals surface area contributed by atoms with Crippen LogP contribution < -0.4 is 0 Å². The Kier molecular flexibility index (Phi) is 9.33. The molecule has 0 unspecified atom stereocenters. The van der Waals surface area contributed by atoms with Crippen LogP contribution in [0.5, 0.6) is 0 Å². The number of benzene rings is 7. The van der Waals surface area contributed by atoms with Gasteiger partial charge in [0, 0.05) is 34.0 Å². The lowest BCUT2D eigenvalue weighted by Gasteiger charge is -2.24. The van der Waals surface area contributed by atoms with Gasteiger partial charge in [0.05, 0.1) is 22.6 Å². The van der Waals surface area contributed by atoms with Gasteiger partial charge in [-0.05, 0) is 75.0 Å². The fourth-order valence-electron chi connectivity index (χ4n) is 8.93. The normalized spacial score (nSPS) is 12.1. The number of pyridine rings is 1. The van der Waals surface area contributed by atoms with Crippen molar-refractivity contribution in [3.63, 3.8) is 0 Å². The first-order valence-corrected chi connectivity index (χ1v) is 21.0.